The van der Waals surface area contributed by atoms with Crippen LogP contribution in [0.1, 0.15) is 65.4 Å². The van der Waals surface area contributed by atoms with Crippen LogP contribution in [0.3, 0.4) is 0 Å². The summed E-state index contributed by atoms with van der Waals surface area (Å²) in [5, 5.41) is 9.30. The maximum Gasteiger partial charge on any atom is 0.222 e. The Labute approximate surface area is 157 Å². The zero-order chi connectivity index (χ0) is 18.8. The minimum atomic E-state index is -0.451. The molecule has 26 heavy (non-hydrogen) atoms. The van der Waals surface area contributed by atoms with Crippen molar-refractivity contribution in [3.63, 3.8) is 0 Å². The quantitative estimate of drug-likeness (QED) is 0.723. The fraction of sp³-hybridized carbons (Fsp3) is 0.667. The molecular formula is C21H33N3O2. The fourth-order valence-electron chi connectivity index (χ4n) is 4.09. The Morgan fingerprint density at radius 1 is 1.31 bits per heavy atom. The van der Waals surface area contributed by atoms with E-state index in [1.54, 1.807) is 7.11 Å². The molecule has 0 N–H and O–H groups in total. The normalized spacial score (nSPS) is 26.9. The summed E-state index contributed by atoms with van der Waals surface area (Å²) >= 11 is 0. The average molecular weight is 360 g/mol. The topological polar surface area (TPSA) is 37.3 Å². The van der Waals surface area contributed by atoms with Crippen molar-refractivity contribution in [1.29, 1.82) is 0 Å². The Kier molecular flexibility index (Phi) is 5.58. The second-order valence-electron chi connectivity index (χ2n) is 8.09. The minimum absolute atomic E-state index is 0.230. The van der Waals surface area contributed by atoms with E-state index in [4.69, 9.17) is 9.57 Å². The van der Waals surface area contributed by atoms with Gasteiger partial charge in [0.1, 0.15) is 0 Å². The molecule has 2 heterocycles. The molecule has 144 valence electrons. The van der Waals surface area contributed by atoms with Gasteiger partial charge in [-0.3, -0.25) is 0 Å². The van der Waals surface area contributed by atoms with Gasteiger partial charge < -0.3 is 9.57 Å². The van der Waals surface area contributed by atoms with Crippen LogP contribution in [0.25, 0.3) is 0 Å². The van der Waals surface area contributed by atoms with E-state index in [-0.39, 0.29) is 5.60 Å². The molecule has 0 amide bonds. The number of ether oxygens (including phenoxy) is 1. The van der Waals surface area contributed by atoms with E-state index in [0.717, 1.165) is 50.0 Å². The second-order valence-corrected chi connectivity index (χ2v) is 8.09. The Bertz CT molecular complexity index is 631. The number of hydrazine groups is 1. The number of oxime groups is 1. The van der Waals surface area contributed by atoms with Gasteiger partial charge in [-0.1, -0.05) is 48.8 Å². The van der Waals surface area contributed by atoms with Crippen LogP contribution in [0.4, 0.5) is 0 Å². The van der Waals surface area contributed by atoms with Crippen LogP contribution in [0.5, 0.6) is 0 Å². The molecular weight excluding hydrogens is 326 g/mol. The van der Waals surface area contributed by atoms with Crippen molar-refractivity contribution >= 4 is 5.84 Å². The smallest absolute Gasteiger partial charge is 0.222 e. The molecule has 1 aromatic carbocycles. The van der Waals surface area contributed by atoms with Crippen LogP contribution >= 0.6 is 0 Å². The molecule has 2 atom stereocenters. The van der Waals surface area contributed by atoms with Crippen LogP contribution in [0.2, 0.25) is 0 Å². The number of unbranched alkanes of at least 4 members (excludes halogenated alkanes) is 1. The largest absolute Gasteiger partial charge is 0.377 e. The average Bonchev–Trinajstić information content (AvgIpc) is 3.25. The van der Waals surface area contributed by atoms with Crippen LogP contribution in [0.15, 0.2) is 35.5 Å². The third-order valence-electron chi connectivity index (χ3n) is 5.81. The molecule has 0 aliphatic carbocycles. The Balaban J connectivity index is 1.97. The standard InChI is InChI=1S/C21H33N3O2/c1-6-7-15-21(4)24(19(22-26-21)17-12-9-8-10-13-17)23-16-11-14-18(23)20(2,3)25-5/h8-10,12-13,18H,6-7,11,14-16H2,1-5H3/t18-,21-/m0/s1. The summed E-state index contributed by atoms with van der Waals surface area (Å²) in [6.45, 7) is 9.73. The first-order valence-corrected chi connectivity index (χ1v) is 9.86. The highest BCUT2D eigenvalue weighted by atomic mass is 16.7. The third-order valence-corrected chi connectivity index (χ3v) is 5.81. The van der Waals surface area contributed by atoms with E-state index in [1.807, 2.05) is 6.07 Å². The lowest BCUT2D eigenvalue weighted by Crippen LogP contribution is -2.61. The molecule has 0 bridgehead atoms. The van der Waals surface area contributed by atoms with Gasteiger partial charge in [0, 0.05) is 25.6 Å². The van der Waals surface area contributed by atoms with Crippen molar-refractivity contribution < 1.29 is 9.57 Å². The first-order chi connectivity index (χ1) is 12.4. The molecule has 5 heteroatoms. The lowest BCUT2D eigenvalue weighted by molar-refractivity contribution is -0.193. The third kappa shape index (κ3) is 3.47. The first-order valence-electron chi connectivity index (χ1n) is 9.86. The van der Waals surface area contributed by atoms with Crippen molar-refractivity contribution in [1.82, 2.24) is 10.0 Å². The molecule has 2 aliphatic rings. The summed E-state index contributed by atoms with van der Waals surface area (Å²) in [6, 6.07) is 10.6. The van der Waals surface area contributed by atoms with E-state index in [2.05, 4.69) is 67.1 Å². The zero-order valence-corrected chi connectivity index (χ0v) is 16.9. The highest BCUT2D eigenvalue weighted by Crippen LogP contribution is 2.39. The van der Waals surface area contributed by atoms with Crippen molar-refractivity contribution in [3.05, 3.63) is 35.9 Å². The van der Waals surface area contributed by atoms with Crippen LogP contribution < -0.4 is 0 Å². The molecule has 0 aromatic heterocycles. The molecule has 5 nitrogen and oxygen atoms in total. The van der Waals surface area contributed by atoms with E-state index in [0.29, 0.717) is 6.04 Å². The van der Waals surface area contributed by atoms with Gasteiger partial charge in [-0.05, 0) is 40.0 Å². The van der Waals surface area contributed by atoms with Crippen molar-refractivity contribution in [2.45, 2.75) is 77.2 Å². The van der Waals surface area contributed by atoms with Gasteiger partial charge in [0.2, 0.25) is 5.72 Å². The summed E-state index contributed by atoms with van der Waals surface area (Å²) in [5.74, 6) is 0.906. The van der Waals surface area contributed by atoms with Gasteiger partial charge >= 0.3 is 0 Å². The van der Waals surface area contributed by atoms with Crippen LogP contribution in [0, 0.1) is 0 Å². The molecule has 0 spiro atoms. The molecule has 0 radical (unpaired) electrons. The van der Waals surface area contributed by atoms with Gasteiger partial charge in [-0.15, -0.1) is 0 Å². The highest BCUT2D eigenvalue weighted by molar-refractivity contribution is 5.99. The maximum absolute atomic E-state index is 6.06. The maximum atomic E-state index is 6.06. The molecule has 2 aliphatic heterocycles. The SMILES string of the molecule is CCCC[C@]1(C)ON=C(c2ccccc2)N1N1CCC[C@H]1C(C)(C)OC. The number of rotatable bonds is 7. The minimum Gasteiger partial charge on any atom is -0.377 e. The number of nitrogens with zero attached hydrogens (tertiary/aromatic N) is 3. The van der Waals surface area contributed by atoms with Gasteiger partial charge in [0.15, 0.2) is 5.84 Å². The Morgan fingerprint density at radius 2 is 2.04 bits per heavy atom. The second kappa shape index (κ2) is 7.57. The van der Waals surface area contributed by atoms with E-state index >= 15 is 0 Å². The van der Waals surface area contributed by atoms with Gasteiger partial charge in [-0.25, -0.2) is 10.0 Å². The lowest BCUT2D eigenvalue weighted by atomic mass is 9.96. The summed E-state index contributed by atoms with van der Waals surface area (Å²) in [5.41, 5.74) is 0.411. The van der Waals surface area contributed by atoms with E-state index < -0.39 is 5.72 Å². The molecule has 1 aromatic rings. The Hall–Kier alpha value is -1.59. The van der Waals surface area contributed by atoms with Crippen molar-refractivity contribution in [2.24, 2.45) is 5.16 Å². The molecule has 0 unspecified atom stereocenters. The summed E-state index contributed by atoms with van der Waals surface area (Å²) < 4.78 is 5.85. The van der Waals surface area contributed by atoms with Crippen molar-refractivity contribution in [3.8, 4) is 0 Å². The molecule has 3 rings (SSSR count). The van der Waals surface area contributed by atoms with Crippen LogP contribution in [-0.4, -0.2) is 46.9 Å². The number of hydrogen-bond donors (Lipinski definition) is 0. The summed E-state index contributed by atoms with van der Waals surface area (Å²) in [6.07, 6.45) is 5.46. The number of hydrogen-bond acceptors (Lipinski definition) is 5. The summed E-state index contributed by atoms with van der Waals surface area (Å²) in [7, 11) is 1.81. The van der Waals surface area contributed by atoms with Gasteiger partial charge in [0.25, 0.3) is 0 Å². The Morgan fingerprint density at radius 3 is 2.69 bits per heavy atom. The fourth-order valence-corrected chi connectivity index (χ4v) is 4.09. The molecule has 1 fully saturated rings. The number of benzene rings is 1. The molecule has 0 saturated carbocycles. The zero-order valence-electron chi connectivity index (χ0n) is 16.9. The number of methoxy groups -OCH3 is 1. The van der Waals surface area contributed by atoms with Gasteiger partial charge in [0.05, 0.1) is 11.6 Å². The monoisotopic (exact) mass is 359 g/mol. The first kappa shape index (κ1) is 19.2. The van der Waals surface area contributed by atoms with E-state index in [9.17, 15) is 0 Å². The van der Waals surface area contributed by atoms with E-state index in [1.165, 1.54) is 0 Å². The predicted molar refractivity (Wildman–Crippen MR) is 105 cm³/mol. The number of amidine groups is 1. The lowest BCUT2D eigenvalue weighted by Gasteiger charge is -2.46. The molecule has 1 saturated heterocycles. The highest BCUT2D eigenvalue weighted by Gasteiger charge is 2.51. The summed E-state index contributed by atoms with van der Waals surface area (Å²) in [4.78, 5) is 6.06. The predicted octanol–water partition coefficient (Wildman–Crippen LogP) is 4.39. The van der Waals surface area contributed by atoms with Gasteiger partial charge in [-0.2, -0.15) is 0 Å². The van der Waals surface area contributed by atoms with Crippen molar-refractivity contribution in [2.75, 3.05) is 13.7 Å². The van der Waals surface area contributed by atoms with Crippen LogP contribution in [-0.2, 0) is 9.57 Å².